The van der Waals surface area contributed by atoms with Crippen LogP contribution in [0.25, 0.3) is 0 Å². The molecule has 5 heteroatoms. The molecular formula is C15H27N3O2. The summed E-state index contributed by atoms with van der Waals surface area (Å²) in [6, 6.07) is -0.116. The smallest absolute Gasteiger partial charge is 0.314 e. The van der Waals surface area contributed by atoms with Crippen molar-refractivity contribution >= 4 is 11.9 Å². The lowest BCUT2D eigenvalue weighted by atomic mass is 10.0. The van der Waals surface area contributed by atoms with E-state index in [0.717, 1.165) is 45.2 Å². The fraction of sp³-hybridized carbons (Fsp3) is 0.867. The van der Waals surface area contributed by atoms with Gasteiger partial charge < -0.3 is 15.5 Å². The van der Waals surface area contributed by atoms with E-state index in [9.17, 15) is 9.59 Å². The monoisotopic (exact) mass is 281 g/mol. The highest BCUT2D eigenvalue weighted by Gasteiger charge is 2.31. The van der Waals surface area contributed by atoms with Gasteiger partial charge in [-0.25, -0.2) is 4.79 Å². The molecule has 0 aromatic heterocycles. The van der Waals surface area contributed by atoms with Crippen LogP contribution in [0.4, 0.5) is 4.79 Å². The minimum atomic E-state index is -0.116. The molecule has 2 aliphatic rings. The third-order valence-electron chi connectivity index (χ3n) is 4.60. The Morgan fingerprint density at radius 1 is 1.20 bits per heavy atom. The molecule has 1 heterocycles. The Morgan fingerprint density at radius 3 is 2.65 bits per heavy atom. The highest BCUT2D eigenvalue weighted by Crippen LogP contribution is 2.29. The van der Waals surface area contributed by atoms with E-state index >= 15 is 0 Å². The number of amides is 3. The van der Waals surface area contributed by atoms with Crippen molar-refractivity contribution in [1.82, 2.24) is 15.5 Å². The molecule has 0 spiro atoms. The van der Waals surface area contributed by atoms with Crippen LogP contribution in [0, 0.1) is 11.8 Å². The van der Waals surface area contributed by atoms with Crippen molar-refractivity contribution in [2.45, 2.75) is 44.9 Å². The van der Waals surface area contributed by atoms with Gasteiger partial charge in [-0.1, -0.05) is 12.8 Å². The van der Waals surface area contributed by atoms with Crippen molar-refractivity contribution in [1.29, 1.82) is 0 Å². The molecule has 0 aromatic carbocycles. The fourth-order valence-corrected chi connectivity index (χ4v) is 3.38. The van der Waals surface area contributed by atoms with Crippen molar-refractivity contribution in [2.75, 3.05) is 26.7 Å². The number of rotatable bonds is 5. The number of urea groups is 1. The van der Waals surface area contributed by atoms with Gasteiger partial charge in [0.1, 0.15) is 0 Å². The first kappa shape index (κ1) is 15.1. The van der Waals surface area contributed by atoms with E-state index in [2.05, 4.69) is 15.5 Å². The zero-order valence-electron chi connectivity index (χ0n) is 12.5. The summed E-state index contributed by atoms with van der Waals surface area (Å²) in [4.78, 5) is 25.4. The summed E-state index contributed by atoms with van der Waals surface area (Å²) in [5.41, 5.74) is 0. The fourth-order valence-electron chi connectivity index (χ4n) is 3.38. The van der Waals surface area contributed by atoms with Crippen molar-refractivity contribution in [3.63, 3.8) is 0 Å². The van der Waals surface area contributed by atoms with Gasteiger partial charge in [0.25, 0.3) is 0 Å². The average molecular weight is 281 g/mol. The molecule has 1 saturated heterocycles. The quantitative estimate of drug-likeness (QED) is 0.754. The first-order valence-electron chi connectivity index (χ1n) is 7.95. The van der Waals surface area contributed by atoms with Crippen LogP contribution in [0.1, 0.15) is 44.9 Å². The van der Waals surface area contributed by atoms with Gasteiger partial charge in [-0.3, -0.25) is 4.79 Å². The summed E-state index contributed by atoms with van der Waals surface area (Å²) in [7, 11) is 1.62. The number of nitrogens with zero attached hydrogens (tertiary/aromatic N) is 1. The lowest BCUT2D eigenvalue weighted by Crippen LogP contribution is -2.34. The summed E-state index contributed by atoms with van der Waals surface area (Å²) >= 11 is 0. The van der Waals surface area contributed by atoms with E-state index in [-0.39, 0.29) is 6.03 Å². The Labute approximate surface area is 121 Å². The molecule has 1 aliphatic carbocycles. The normalized spacial score (nSPS) is 23.1. The van der Waals surface area contributed by atoms with Gasteiger partial charge in [0, 0.05) is 32.6 Å². The van der Waals surface area contributed by atoms with Crippen LogP contribution in [-0.4, -0.2) is 43.5 Å². The molecule has 0 radical (unpaired) electrons. The summed E-state index contributed by atoms with van der Waals surface area (Å²) in [5.74, 6) is 1.32. The molecule has 1 aliphatic heterocycles. The summed E-state index contributed by atoms with van der Waals surface area (Å²) < 4.78 is 0. The second-order valence-corrected chi connectivity index (χ2v) is 6.07. The van der Waals surface area contributed by atoms with Gasteiger partial charge in [0.15, 0.2) is 0 Å². The molecule has 20 heavy (non-hydrogen) atoms. The predicted molar refractivity (Wildman–Crippen MR) is 78.3 cm³/mol. The van der Waals surface area contributed by atoms with E-state index in [4.69, 9.17) is 0 Å². The highest BCUT2D eigenvalue weighted by molar-refractivity contribution is 5.79. The molecule has 114 valence electrons. The predicted octanol–water partition coefficient (Wildman–Crippen LogP) is 1.73. The number of likely N-dealkylation sites (tertiary alicyclic amines) is 1. The maximum Gasteiger partial charge on any atom is 0.314 e. The maximum atomic E-state index is 12.3. The van der Waals surface area contributed by atoms with E-state index in [1.54, 1.807) is 7.05 Å². The largest absolute Gasteiger partial charge is 0.342 e. The molecule has 5 nitrogen and oxygen atoms in total. The second-order valence-electron chi connectivity index (χ2n) is 6.07. The molecule has 1 saturated carbocycles. The van der Waals surface area contributed by atoms with Gasteiger partial charge in [-0.15, -0.1) is 0 Å². The number of nitrogens with one attached hydrogen (secondary N) is 2. The number of hydrogen-bond acceptors (Lipinski definition) is 2. The van der Waals surface area contributed by atoms with E-state index in [1.165, 1.54) is 12.8 Å². The molecule has 1 unspecified atom stereocenters. The molecular weight excluding hydrogens is 254 g/mol. The van der Waals surface area contributed by atoms with Crippen LogP contribution in [0.2, 0.25) is 0 Å². The first-order chi connectivity index (χ1) is 9.70. The van der Waals surface area contributed by atoms with E-state index in [0.29, 0.717) is 24.3 Å². The Hall–Kier alpha value is -1.26. The lowest BCUT2D eigenvalue weighted by molar-refractivity contribution is -0.134. The highest BCUT2D eigenvalue weighted by atomic mass is 16.2. The molecule has 0 aromatic rings. The topological polar surface area (TPSA) is 61.4 Å². The molecule has 0 bridgehead atoms. The van der Waals surface area contributed by atoms with Crippen LogP contribution >= 0.6 is 0 Å². The zero-order chi connectivity index (χ0) is 14.4. The summed E-state index contributed by atoms with van der Waals surface area (Å²) in [6.45, 7) is 2.57. The zero-order valence-corrected chi connectivity index (χ0v) is 12.5. The molecule has 2 fully saturated rings. The number of carbonyl (C=O) groups excluding carboxylic acids is 2. The van der Waals surface area contributed by atoms with Gasteiger partial charge >= 0.3 is 6.03 Å². The third-order valence-corrected chi connectivity index (χ3v) is 4.60. The van der Waals surface area contributed by atoms with Crippen molar-refractivity contribution in [3.05, 3.63) is 0 Å². The summed E-state index contributed by atoms with van der Waals surface area (Å²) in [5, 5.41) is 5.35. The SMILES string of the molecule is CNC(=O)NCCCC1CCN(C(=O)C2CCCC2)C1. The molecule has 1 atom stereocenters. The Balaban J connectivity index is 1.62. The van der Waals surface area contributed by atoms with Gasteiger partial charge in [0.05, 0.1) is 0 Å². The van der Waals surface area contributed by atoms with Gasteiger partial charge in [-0.05, 0) is 38.0 Å². The van der Waals surface area contributed by atoms with Crippen molar-refractivity contribution < 1.29 is 9.59 Å². The van der Waals surface area contributed by atoms with Gasteiger partial charge in [0.2, 0.25) is 5.91 Å². The van der Waals surface area contributed by atoms with Crippen LogP contribution < -0.4 is 10.6 Å². The lowest BCUT2D eigenvalue weighted by Gasteiger charge is -2.20. The first-order valence-corrected chi connectivity index (χ1v) is 7.95. The van der Waals surface area contributed by atoms with Crippen LogP contribution in [0.3, 0.4) is 0 Å². The van der Waals surface area contributed by atoms with Crippen LogP contribution in [-0.2, 0) is 4.79 Å². The molecule has 3 amide bonds. The van der Waals surface area contributed by atoms with Crippen molar-refractivity contribution in [2.24, 2.45) is 11.8 Å². The summed E-state index contributed by atoms with van der Waals surface area (Å²) in [6.07, 6.45) is 7.84. The third kappa shape index (κ3) is 4.12. The Morgan fingerprint density at radius 2 is 1.95 bits per heavy atom. The molecule has 2 N–H and O–H groups in total. The van der Waals surface area contributed by atoms with Crippen LogP contribution in [0.5, 0.6) is 0 Å². The number of carbonyl (C=O) groups is 2. The Bertz CT molecular complexity index is 340. The number of hydrogen-bond donors (Lipinski definition) is 2. The van der Waals surface area contributed by atoms with Crippen LogP contribution in [0.15, 0.2) is 0 Å². The average Bonchev–Trinajstić information content (AvgIpc) is 3.13. The maximum absolute atomic E-state index is 12.3. The second kappa shape index (κ2) is 7.50. The van der Waals surface area contributed by atoms with E-state index < -0.39 is 0 Å². The van der Waals surface area contributed by atoms with E-state index in [1.807, 2.05) is 0 Å². The van der Waals surface area contributed by atoms with Gasteiger partial charge in [-0.2, -0.15) is 0 Å². The minimum Gasteiger partial charge on any atom is -0.342 e. The standard InChI is InChI=1S/C15H27N3O2/c1-16-15(20)17-9-4-5-12-8-10-18(11-12)14(19)13-6-2-3-7-13/h12-13H,2-11H2,1H3,(H2,16,17,20). The Kier molecular flexibility index (Phi) is 5.68. The minimum absolute atomic E-state index is 0.116. The van der Waals surface area contributed by atoms with Crippen molar-refractivity contribution in [3.8, 4) is 0 Å². The molecule has 2 rings (SSSR count).